The summed E-state index contributed by atoms with van der Waals surface area (Å²) >= 11 is 0. The highest BCUT2D eigenvalue weighted by atomic mass is 14.9. The number of piperidine rings is 1. The highest BCUT2D eigenvalue weighted by Crippen LogP contribution is 2.45. The maximum Gasteiger partial charge on any atom is -0.00405 e. The van der Waals surface area contributed by atoms with Crippen molar-refractivity contribution < 1.29 is 0 Å². The number of hydrogen-bond acceptors (Lipinski definition) is 1. The third kappa shape index (κ3) is 0.891. The van der Waals surface area contributed by atoms with Crippen LogP contribution in [-0.4, -0.2) is 13.1 Å². The summed E-state index contributed by atoms with van der Waals surface area (Å²) < 4.78 is 0. The van der Waals surface area contributed by atoms with Crippen LogP contribution in [0, 0.1) is 5.41 Å². The molecule has 0 aromatic heterocycles. The van der Waals surface area contributed by atoms with Gasteiger partial charge in [-0.3, -0.25) is 0 Å². The van der Waals surface area contributed by atoms with E-state index in [1.807, 2.05) is 0 Å². The summed E-state index contributed by atoms with van der Waals surface area (Å²) in [5, 5.41) is 3.39. The molecular weight excluding hydrogens is 122 g/mol. The number of rotatable bonds is 0. The van der Waals surface area contributed by atoms with Crippen molar-refractivity contribution >= 4 is 0 Å². The van der Waals surface area contributed by atoms with Crippen LogP contribution in [0.15, 0.2) is 11.6 Å². The molecule has 56 valence electrons. The monoisotopic (exact) mass is 137 g/mol. The molecule has 0 aromatic carbocycles. The summed E-state index contributed by atoms with van der Waals surface area (Å²) in [5.74, 6) is 0. The van der Waals surface area contributed by atoms with Crippen molar-refractivity contribution in [3.63, 3.8) is 0 Å². The standard InChI is InChI=1S/C9H15N/c1-8-6-9(7-8)2-4-10-5-3-9/h6,10H,2-5,7H2,1H3. The first-order chi connectivity index (χ1) is 4.81. The number of hydrogen-bond donors (Lipinski definition) is 1. The fourth-order valence-electron chi connectivity index (χ4n) is 2.29. The first kappa shape index (κ1) is 6.41. The van der Waals surface area contributed by atoms with Crippen molar-refractivity contribution in [2.24, 2.45) is 5.41 Å². The molecule has 1 N–H and O–H groups in total. The van der Waals surface area contributed by atoms with Gasteiger partial charge in [0.25, 0.3) is 0 Å². The van der Waals surface area contributed by atoms with Crippen LogP contribution in [0.1, 0.15) is 26.2 Å². The average Bonchev–Trinajstić information content (AvgIpc) is 1.87. The largest absolute Gasteiger partial charge is 0.317 e. The van der Waals surface area contributed by atoms with Crippen LogP contribution in [0.2, 0.25) is 0 Å². The lowest BCUT2D eigenvalue weighted by Crippen LogP contribution is -2.39. The summed E-state index contributed by atoms with van der Waals surface area (Å²) in [6.45, 7) is 4.70. The lowest BCUT2D eigenvalue weighted by atomic mass is 9.66. The molecule has 10 heavy (non-hydrogen) atoms. The zero-order valence-corrected chi connectivity index (χ0v) is 6.61. The minimum atomic E-state index is 0.648. The van der Waals surface area contributed by atoms with Gasteiger partial charge in [0.1, 0.15) is 0 Å². The predicted molar refractivity (Wildman–Crippen MR) is 42.9 cm³/mol. The van der Waals surface area contributed by atoms with E-state index in [0.29, 0.717) is 5.41 Å². The molecule has 0 aromatic rings. The van der Waals surface area contributed by atoms with Gasteiger partial charge in [-0.05, 0) is 44.7 Å². The molecule has 0 radical (unpaired) electrons. The molecule has 0 unspecified atom stereocenters. The summed E-state index contributed by atoms with van der Waals surface area (Å²) in [6, 6.07) is 0. The molecule has 1 heterocycles. The van der Waals surface area contributed by atoms with Gasteiger partial charge in [-0.25, -0.2) is 0 Å². The third-order valence-electron chi connectivity index (χ3n) is 2.78. The summed E-state index contributed by atoms with van der Waals surface area (Å²) in [5.41, 5.74) is 2.25. The van der Waals surface area contributed by atoms with E-state index in [-0.39, 0.29) is 0 Å². The van der Waals surface area contributed by atoms with E-state index in [0.717, 1.165) is 0 Å². The van der Waals surface area contributed by atoms with Crippen LogP contribution in [0.3, 0.4) is 0 Å². The normalized spacial score (nSPS) is 29.5. The molecule has 0 atom stereocenters. The van der Waals surface area contributed by atoms with Gasteiger partial charge in [-0.2, -0.15) is 0 Å². The van der Waals surface area contributed by atoms with E-state index in [9.17, 15) is 0 Å². The molecule has 1 fully saturated rings. The summed E-state index contributed by atoms with van der Waals surface area (Å²) in [4.78, 5) is 0. The Kier molecular flexibility index (Phi) is 1.34. The second-order valence-electron chi connectivity index (χ2n) is 3.78. The molecule has 1 saturated heterocycles. The second kappa shape index (κ2) is 2.09. The Hall–Kier alpha value is -0.300. The molecule has 2 rings (SSSR count). The van der Waals surface area contributed by atoms with E-state index in [1.54, 1.807) is 5.57 Å². The van der Waals surface area contributed by atoms with Gasteiger partial charge < -0.3 is 5.32 Å². The lowest BCUT2D eigenvalue weighted by molar-refractivity contribution is 0.239. The molecule has 1 nitrogen and oxygen atoms in total. The maximum absolute atomic E-state index is 3.39. The Bertz CT molecular complexity index is 164. The zero-order valence-electron chi connectivity index (χ0n) is 6.61. The number of nitrogens with one attached hydrogen (secondary N) is 1. The minimum Gasteiger partial charge on any atom is -0.317 e. The Morgan fingerprint density at radius 2 is 2.00 bits per heavy atom. The first-order valence-corrected chi connectivity index (χ1v) is 4.20. The maximum atomic E-state index is 3.39. The second-order valence-corrected chi connectivity index (χ2v) is 3.78. The molecular formula is C9H15N. The van der Waals surface area contributed by atoms with E-state index < -0.39 is 0 Å². The van der Waals surface area contributed by atoms with Crippen molar-refractivity contribution in [1.82, 2.24) is 5.32 Å². The van der Waals surface area contributed by atoms with Crippen molar-refractivity contribution in [1.29, 1.82) is 0 Å². The van der Waals surface area contributed by atoms with Crippen molar-refractivity contribution in [2.75, 3.05) is 13.1 Å². The van der Waals surface area contributed by atoms with Crippen LogP contribution < -0.4 is 5.32 Å². The van der Waals surface area contributed by atoms with Crippen molar-refractivity contribution in [3.8, 4) is 0 Å². The lowest BCUT2D eigenvalue weighted by Gasteiger charge is -2.42. The van der Waals surface area contributed by atoms with Gasteiger partial charge in [0.2, 0.25) is 0 Å². The van der Waals surface area contributed by atoms with Gasteiger partial charge in [0.15, 0.2) is 0 Å². The smallest absolute Gasteiger partial charge is 0.00405 e. The van der Waals surface area contributed by atoms with Crippen LogP contribution in [0.4, 0.5) is 0 Å². The highest BCUT2D eigenvalue weighted by Gasteiger charge is 2.35. The van der Waals surface area contributed by atoms with E-state index in [4.69, 9.17) is 0 Å². The van der Waals surface area contributed by atoms with Crippen molar-refractivity contribution in [3.05, 3.63) is 11.6 Å². The Balaban J connectivity index is 2.04. The highest BCUT2D eigenvalue weighted by molar-refractivity contribution is 5.22. The minimum absolute atomic E-state index is 0.648. The van der Waals surface area contributed by atoms with E-state index in [2.05, 4.69) is 18.3 Å². The Morgan fingerprint density at radius 1 is 1.40 bits per heavy atom. The van der Waals surface area contributed by atoms with Gasteiger partial charge in [-0.1, -0.05) is 11.6 Å². The molecule has 0 amide bonds. The first-order valence-electron chi connectivity index (χ1n) is 4.20. The van der Waals surface area contributed by atoms with Gasteiger partial charge in [0.05, 0.1) is 0 Å². The SMILES string of the molecule is CC1=CC2(CCNCC2)C1. The molecule has 0 saturated carbocycles. The fourth-order valence-corrected chi connectivity index (χ4v) is 2.29. The van der Waals surface area contributed by atoms with Crippen LogP contribution >= 0.6 is 0 Å². The predicted octanol–water partition coefficient (Wildman–Crippen LogP) is 1.71. The molecule has 0 bridgehead atoms. The molecule has 1 heteroatoms. The molecule has 1 spiro atoms. The molecule has 2 aliphatic rings. The Labute approximate surface area is 62.5 Å². The fraction of sp³-hybridized carbons (Fsp3) is 0.778. The summed E-state index contributed by atoms with van der Waals surface area (Å²) in [7, 11) is 0. The zero-order chi connectivity index (χ0) is 7.03. The molecule has 1 aliphatic heterocycles. The summed E-state index contributed by atoms with van der Waals surface area (Å²) in [6.07, 6.45) is 6.58. The number of allylic oxidation sites excluding steroid dienone is 2. The van der Waals surface area contributed by atoms with Gasteiger partial charge >= 0.3 is 0 Å². The third-order valence-corrected chi connectivity index (χ3v) is 2.78. The van der Waals surface area contributed by atoms with Gasteiger partial charge in [0, 0.05) is 0 Å². The van der Waals surface area contributed by atoms with Crippen molar-refractivity contribution in [2.45, 2.75) is 26.2 Å². The van der Waals surface area contributed by atoms with E-state index >= 15 is 0 Å². The van der Waals surface area contributed by atoms with E-state index in [1.165, 1.54) is 32.4 Å². The van der Waals surface area contributed by atoms with Crippen LogP contribution in [0.25, 0.3) is 0 Å². The average molecular weight is 137 g/mol. The van der Waals surface area contributed by atoms with Crippen LogP contribution in [0.5, 0.6) is 0 Å². The quantitative estimate of drug-likeness (QED) is 0.501. The topological polar surface area (TPSA) is 12.0 Å². The Morgan fingerprint density at radius 3 is 2.50 bits per heavy atom. The van der Waals surface area contributed by atoms with Gasteiger partial charge in [-0.15, -0.1) is 0 Å². The molecule has 1 aliphatic carbocycles. The van der Waals surface area contributed by atoms with Crippen LogP contribution in [-0.2, 0) is 0 Å².